The molecule has 0 unspecified atom stereocenters. The summed E-state index contributed by atoms with van der Waals surface area (Å²) in [5, 5.41) is 53.2. The van der Waals surface area contributed by atoms with E-state index in [4.69, 9.17) is 16.7 Å². The lowest BCUT2D eigenvalue weighted by Crippen LogP contribution is -2.61. The van der Waals surface area contributed by atoms with Crippen molar-refractivity contribution >= 4 is 88.5 Å². The number of hydrogen-bond donors (Lipinski definition) is 13. The van der Waals surface area contributed by atoms with Crippen molar-refractivity contribution in [2.75, 3.05) is 33.8 Å². The van der Waals surface area contributed by atoms with E-state index in [1.165, 1.54) is 27.0 Å². The Morgan fingerprint density at radius 3 is 1.57 bits per heavy atom. The molecule has 0 aromatic heterocycles. The number of nitrogens with one attached hydrogen (secondary N) is 9. The molecule has 32 heteroatoms. The molecule has 3 aromatic carbocycles. The number of aliphatic hydroxyl groups is 1. The third-order valence-corrected chi connectivity index (χ3v) is 14.5. The summed E-state index contributed by atoms with van der Waals surface area (Å²) in [6, 6.07) is 12.7. The van der Waals surface area contributed by atoms with E-state index >= 15 is 0 Å². The summed E-state index contributed by atoms with van der Waals surface area (Å²) in [6.07, 6.45) is -1.20. The minimum absolute atomic E-state index is 0.00319. The molecule has 95 heavy (non-hydrogen) atoms. The molecule has 0 aliphatic rings. The van der Waals surface area contributed by atoms with Crippen LogP contribution in [0.3, 0.4) is 0 Å². The number of hydrogen-bond acceptors (Lipinski definition) is 19. The highest BCUT2D eigenvalue weighted by Gasteiger charge is 2.38. The smallest absolute Gasteiger partial charge is 0.369 e. The van der Waals surface area contributed by atoms with Gasteiger partial charge in [0.1, 0.15) is 60.4 Å². The number of aliphatic hydroxyl groups excluding tert-OH is 1. The highest BCUT2D eigenvalue weighted by atomic mass is 16.7. The van der Waals surface area contributed by atoms with Gasteiger partial charge in [0.2, 0.25) is 70.9 Å². The van der Waals surface area contributed by atoms with Gasteiger partial charge in [0.25, 0.3) is 5.71 Å². The third kappa shape index (κ3) is 26.5. The van der Waals surface area contributed by atoms with Gasteiger partial charge < -0.3 is 84.2 Å². The Kier molecular flexibility index (Phi) is 32.3. The van der Waals surface area contributed by atoms with Crippen molar-refractivity contribution in [3.8, 4) is 6.07 Å². The molecule has 12 amide bonds. The molecule has 3 aromatic rings. The lowest BCUT2D eigenvalue weighted by molar-refractivity contribution is -0.149. The highest BCUT2D eigenvalue weighted by molar-refractivity contribution is 6.42. The van der Waals surface area contributed by atoms with Crippen molar-refractivity contribution in [1.29, 1.82) is 5.26 Å². The number of carboxylic acid groups (broad SMARTS) is 1. The van der Waals surface area contributed by atoms with Crippen LogP contribution in [0.4, 0.5) is 0 Å². The Labute approximate surface area is 548 Å². The normalized spacial score (nSPS) is 14.3. The molecule has 0 radical (unpaired) electrons. The number of amides is 12. The number of oxime groups is 1. The standard InChI is InChI=1S/C63H85N15O17/c1-34(2)25-43(71-50(81)32-68-59(89)48(28-41-23-17-12-18-24-41)78(9)61(91)37(6)70-55(85)42(65)26-39-19-13-10-14-20-39)57(87)69-36(5)53(83)75-52(35(3)4)60(90)72-44(27-40-21-15-11-16-22-40)58(88)73-45(29-51(82)95-76-46(30-64)63(93)94)62(92)77(8)38(7)54(84)74-47(33-79)56(86)67-31-49(66)80/h10-24,34-38,42-45,47-48,52,79H,25-29,31-33,65H2,1-9H3,(H2,66,80)(H,67,86)(H,68,89)(H,69,87)(H,70,85)(H,71,81)(H,72,90)(H,73,88)(H,74,84)(H,75,83)(H,93,94)/t36-,37-,38-,42-,43-,44-,45-,47-,48-,52-/m0/s1. The number of carbonyl (C=O) groups is 14. The topological polar surface area (TPSA) is 492 Å². The van der Waals surface area contributed by atoms with E-state index in [-0.39, 0.29) is 31.6 Å². The molecule has 0 heterocycles. The summed E-state index contributed by atoms with van der Waals surface area (Å²) in [5.74, 6) is -15.2. The number of nitriles is 1. The number of carbonyl (C=O) groups excluding carboxylic acids is 13. The molecule has 15 N–H and O–H groups in total. The van der Waals surface area contributed by atoms with Crippen molar-refractivity contribution in [1.82, 2.24) is 57.7 Å². The predicted octanol–water partition coefficient (Wildman–Crippen LogP) is -3.54. The Hall–Kier alpha value is -10.7. The minimum Gasteiger partial charge on any atom is -0.476 e. The molecule has 3 rings (SSSR count). The molecule has 0 fully saturated rings. The van der Waals surface area contributed by atoms with Crippen LogP contribution in [0.1, 0.15) is 78.0 Å². The van der Waals surface area contributed by atoms with Gasteiger partial charge in [0.05, 0.1) is 32.2 Å². The van der Waals surface area contributed by atoms with Gasteiger partial charge in [0.15, 0.2) is 0 Å². The summed E-state index contributed by atoms with van der Waals surface area (Å²) in [6.45, 7) is 8.23. The lowest BCUT2D eigenvalue weighted by Gasteiger charge is -2.31. The van der Waals surface area contributed by atoms with Gasteiger partial charge >= 0.3 is 11.9 Å². The first kappa shape index (κ1) is 78.6. The summed E-state index contributed by atoms with van der Waals surface area (Å²) in [4.78, 5) is 193. The molecular weight excluding hydrogens is 1240 g/mol. The quantitative estimate of drug-likeness (QED) is 0.0151. The van der Waals surface area contributed by atoms with Crippen LogP contribution in [0.15, 0.2) is 96.2 Å². The molecule has 10 atom stereocenters. The molecule has 0 aliphatic carbocycles. The lowest BCUT2D eigenvalue weighted by atomic mass is 10.00. The molecule has 0 saturated heterocycles. The summed E-state index contributed by atoms with van der Waals surface area (Å²) in [5.41, 5.74) is 11.9. The number of nitrogens with zero attached hydrogens (tertiary/aromatic N) is 4. The van der Waals surface area contributed by atoms with Crippen LogP contribution in [-0.4, -0.2) is 203 Å². The Balaban J connectivity index is 1.82. The first-order chi connectivity index (χ1) is 44.8. The number of primary amides is 1. The highest BCUT2D eigenvalue weighted by Crippen LogP contribution is 2.14. The van der Waals surface area contributed by atoms with Crippen LogP contribution >= 0.6 is 0 Å². The van der Waals surface area contributed by atoms with Crippen LogP contribution < -0.4 is 59.3 Å². The first-order valence-electron chi connectivity index (χ1n) is 30.2. The van der Waals surface area contributed by atoms with E-state index in [2.05, 4.69) is 57.8 Å². The van der Waals surface area contributed by atoms with Crippen molar-refractivity contribution in [2.45, 2.75) is 141 Å². The van der Waals surface area contributed by atoms with E-state index < -0.39 is 181 Å². The molecule has 0 spiro atoms. The fraction of sp³-hybridized carbons (Fsp3) is 0.460. The number of aliphatic carboxylic acids is 1. The second-order valence-electron chi connectivity index (χ2n) is 23.0. The average molecular weight is 1320 g/mol. The number of likely N-dealkylation sites (N-methyl/N-ethyl adjacent to an activating group) is 2. The largest absolute Gasteiger partial charge is 0.476 e. The SMILES string of the molecule is CC(C)C[C@H](NC(=O)CNC(=O)[C@H](Cc1ccccc1)N(C)C(=O)[C@H](C)NC(=O)[C@@H](N)Cc1ccccc1)C(=O)N[C@@H](C)C(=O)N[C@H](C(=O)N[C@@H](Cc1ccccc1)C(=O)N[C@@H](CC(=O)ON=C(C#N)C(=O)O)C(=O)N(C)[C@@H](C)C(=O)N[C@@H](CO)C(=O)NCC(N)=O)C(C)C. The van der Waals surface area contributed by atoms with Crippen LogP contribution in [-0.2, 0) is 91.2 Å². The molecule has 0 aliphatic heterocycles. The summed E-state index contributed by atoms with van der Waals surface area (Å²) in [7, 11) is 2.43. The van der Waals surface area contributed by atoms with Gasteiger partial charge in [-0.1, -0.05) is 124 Å². The summed E-state index contributed by atoms with van der Waals surface area (Å²) >= 11 is 0. The molecule has 0 bridgehead atoms. The summed E-state index contributed by atoms with van der Waals surface area (Å²) < 4.78 is 0. The average Bonchev–Trinajstić information content (AvgIpc) is 0.872. The van der Waals surface area contributed by atoms with Crippen molar-refractivity contribution < 1.29 is 82.2 Å². The Morgan fingerprint density at radius 2 is 1.05 bits per heavy atom. The first-order valence-corrected chi connectivity index (χ1v) is 30.2. The van der Waals surface area contributed by atoms with E-state index in [0.717, 1.165) is 24.4 Å². The minimum atomic E-state index is -2.02. The fourth-order valence-corrected chi connectivity index (χ4v) is 9.07. The molecular formula is C63H85N15O17. The van der Waals surface area contributed by atoms with Gasteiger partial charge in [-0.25, -0.2) is 9.59 Å². The maximum Gasteiger partial charge on any atom is 0.369 e. The molecule has 32 nitrogen and oxygen atoms in total. The van der Waals surface area contributed by atoms with E-state index in [9.17, 15) is 77.3 Å². The third-order valence-electron chi connectivity index (χ3n) is 14.5. The second kappa shape index (κ2) is 39.0. The van der Waals surface area contributed by atoms with E-state index in [1.807, 2.05) is 18.2 Å². The van der Waals surface area contributed by atoms with Crippen LogP contribution in [0.25, 0.3) is 0 Å². The number of nitrogens with two attached hydrogens (primary N) is 2. The Morgan fingerprint density at radius 1 is 0.547 bits per heavy atom. The second-order valence-corrected chi connectivity index (χ2v) is 23.0. The zero-order valence-corrected chi connectivity index (χ0v) is 54.2. The number of rotatable bonds is 37. The molecule has 514 valence electrons. The van der Waals surface area contributed by atoms with Crippen LogP contribution in [0.2, 0.25) is 0 Å². The predicted molar refractivity (Wildman–Crippen MR) is 340 cm³/mol. The maximum atomic E-state index is 14.5. The van der Waals surface area contributed by atoms with Gasteiger partial charge in [-0.2, -0.15) is 5.26 Å². The number of benzene rings is 3. The monoisotopic (exact) mass is 1320 g/mol. The van der Waals surface area contributed by atoms with Gasteiger partial charge in [0, 0.05) is 26.9 Å². The van der Waals surface area contributed by atoms with Crippen LogP contribution in [0, 0.1) is 23.2 Å². The van der Waals surface area contributed by atoms with Crippen molar-refractivity contribution in [3.63, 3.8) is 0 Å². The van der Waals surface area contributed by atoms with Crippen LogP contribution in [0.5, 0.6) is 0 Å². The zero-order chi connectivity index (χ0) is 71.2. The maximum absolute atomic E-state index is 14.5. The van der Waals surface area contributed by atoms with Gasteiger partial charge in [-0.15, -0.1) is 0 Å². The van der Waals surface area contributed by atoms with E-state index in [1.54, 1.807) is 100 Å². The molecule has 0 saturated carbocycles. The number of carboxylic acids is 1. The van der Waals surface area contributed by atoms with Gasteiger partial charge in [-0.3, -0.25) is 57.5 Å². The van der Waals surface area contributed by atoms with E-state index in [0.29, 0.717) is 16.0 Å². The zero-order valence-electron chi connectivity index (χ0n) is 54.2. The van der Waals surface area contributed by atoms with Gasteiger partial charge in [-0.05, 0) is 62.1 Å². The van der Waals surface area contributed by atoms with Crippen molar-refractivity contribution in [3.05, 3.63) is 108 Å². The van der Waals surface area contributed by atoms with Crippen molar-refractivity contribution in [2.24, 2.45) is 28.5 Å². The Bertz CT molecular complexity index is 3280. The fourth-order valence-electron chi connectivity index (χ4n) is 9.07.